The van der Waals surface area contributed by atoms with Gasteiger partial charge < -0.3 is 0 Å². The van der Waals surface area contributed by atoms with Crippen LogP contribution in [0.15, 0.2) is 0 Å². The van der Waals surface area contributed by atoms with E-state index < -0.39 is 10.8 Å². The smallest absolute Gasteiger partial charge is 0.149 e. The average molecular weight is 229 g/mol. The summed E-state index contributed by atoms with van der Waals surface area (Å²) in [6.45, 7) is 2.28. The zero-order chi connectivity index (χ0) is 10.7. The van der Waals surface area contributed by atoms with Crippen molar-refractivity contribution in [3.63, 3.8) is 0 Å². The summed E-state index contributed by atoms with van der Waals surface area (Å²) in [7, 11) is -0.631. The van der Waals surface area contributed by atoms with Crippen LogP contribution in [0.2, 0.25) is 0 Å². The molecule has 0 amide bonds. The number of Topliss-reactive ketones (excluding diaryl/α,β-unsaturated/α-hetero) is 1. The highest BCUT2D eigenvalue weighted by atomic mass is 32.2. The van der Waals surface area contributed by atoms with Crippen molar-refractivity contribution in [1.82, 2.24) is 4.90 Å². The first-order valence-electron chi connectivity index (χ1n) is 5.86. The summed E-state index contributed by atoms with van der Waals surface area (Å²) in [5.74, 6) is 2.24. The third kappa shape index (κ3) is 3.11. The molecule has 3 nitrogen and oxygen atoms in total. The molecule has 0 aromatic rings. The van der Waals surface area contributed by atoms with Crippen molar-refractivity contribution in [2.45, 2.75) is 25.7 Å². The van der Waals surface area contributed by atoms with E-state index in [9.17, 15) is 9.00 Å². The lowest BCUT2D eigenvalue weighted by atomic mass is 10.0. The van der Waals surface area contributed by atoms with Crippen molar-refractivity contribution < 1.29 is 9.00 Å². The van der Waals surface area contributed by atoms with Gasteiger partial charge in [-0.25, -0.2) is 0 Å². The minimum atomic E-state index is -0.631. The molecule has 0 N–H and O–H groups in total. The fourth-order valence-corrected chi connectivity index (χ4v) is 3.56. The van der Waals surface area contributed by atoms with Crippen molar-refractivity contribution in [3.05, 3.63) is 0 Å². The quantitative estimate of drug-likeness (QED) is 0.719. The van der Waals surface area contributed by atoms with E-state index in [4.69, 9.17) is 0 Å². The Balaban J connectivity index is 1.76. The fraction of sp³-hybridized carbons (Fsp3) is 0.909. The topological polar surface area (TPSA) is 37.4 Å². The fourth-order valence-electron chi connectivity index (χ4n) is 2.43. The molecule has 0 spiro atoms. The van der Waals surface area contributed by atoms with Crippen LogP contribution in [0.25, 0.3) is 0 Å². The van der Waals surface area contributed by atoms with Gasteiger partial charge in [-0.05, 0) is 12.8 Å². The summed E-state index contributed by atoms with van der Waals surface area (Å²) in [5.41, 5.74) is 0. The molecule has 1 aliphatic heterocycles. The molecular weight excluding hydrogens is 210 g/mol. The molecule has 0 unspecified atom stereocenters. The molecule has 1 aliphatic carbocycles. The molecule has 1 saturated heterocycles. The Kier molecular flexibility index (Phi) is 3.92. The van der Waals surface area contributed by atoms with Crippen molar-refractivity contribution in [3.8, 4) is 0 Å². The minimum absolute atomic E-state index is 0.331. The summed E-state index contributed by atoms with van der Waals surface area (Å²) in [5, 5.41) is 0. The lowest BCUT2D eigenvalue weighted by Gasteiger charge is -2.26. The SMILES string of the molecule is O=C(CN1CCS(=O)CC1)C1CCCC1. The Bertz CT molecular complexity index is 251. The largest absolute Gasteiger partial charge is 0.298 e. The molecule has 2 fully saturated rings. The first-order chi connectivity index (χ1) is 7.25. The molecule has 0 aromatic carbocycles. The van der Waals surface area contributed by atoms with E-state index in [1.807, 2.05) is 0 Å². The van der Waals surface area contributed by atoms with E-state index in [1.165, 1.54) is 12.8 Å². The highest BCUT2D eigenvalue weighted by Crippen LogP contribution is 2.25. The Morgan fingerprint density at radius 3 is 2.40 bits per heavy atom. The molecule has 2 rings (SSSR count). The number of carbonyl (C=O) groups excluding carboxylic acids is 1. The third-order valence-corrected chi connectivity index (χ3v) is 4.74. The van der Waals surface area contributed by atoms with E-state index in [0.717, 1.165) is 37.4 Å². The van der Waals surface area contributed by atoms with Gasteiger partial charge in [-0.2, -0.15) is 0 Å². The lowest BCUT2D eigenvalue weighted by molar-refractivity contribution is -0.123. The first kappa shape index (κ1) is 11.3. The second-order valence-corrected chi connectivity index (χ2v) is 6.27. The van der Waals surface area contributed by atoms with Gasteiger partial charge in [0.2, 0.25) is 0 Å². The summed E-state index contributed by atoms with van der Waals surface area (Å²) >= 11 is 0. The number of carbonyl (C=O) groups is 1. The van der Waals surface area contributed by atoms with E-state index >= 15 is 0 Å². The Morgan fingerprint density at radius 2 is 1.80 bits per heavy atom. The molecule has 0 aromatic heterocycles. The van der Waals surface area contributed by atoms with Gasteiger partial charge in [-0.1, -0.05) is 12.8 Å². The molecule has 15 heavy (non-hydrogen) atoms. The van der Waals surface area contributed by atoms with Crippen LogP contribution in [-0.4, -0.2) is 46.0 Å². The van der Waals surface area contributed by atoms with Gasteiger partial charge in [0.1, 0.15) is 5.78 Å². The van der Waals surface area contributed by atoms with Crippen LogP contribution in [0.5, 0.6) is 0 Å². The van der Waals surface area contributed by atoms with E-state index in [2.05, 4.69) is 4.90 Å². The van der Waals surface area contributed by atoms with E-state index in [-0.39, 0.29) is 0 Å². The van der Waals surface area contributed by atoms with Gasteiger partial charge in [-0.15, -0.1) is 0 Å². The van der Waals surface area contributed by atoms with Gasteiger partial charge >= 0.3 is 0 Å². The van der Waals surface area contributed by atoms with Crippen LogP contribution in [0, 0.1) is 5.92 Å². The van der Waals surface area contributed by atoms with E-state index in [1.54, 1.807) is 0 Å². The van der Waals surface area contributed by atoms with Crippen LogP contribution >= 0.6 is 0 Å². The normalized spacial score (nSPS) is 25.9. The second kappa shape index (κ2) is 5.21. The second-order valence-electron chi connectivity index (χ2n) is 4.57. The molecule has 86 valence electrons. The summed E-state index contributed by atoms with van der Waals surface area (Å²) in [6.07, 6.45) is 4.64. The average Bonchev–Trinajstić information content (AvgIpc) is 2.74. The van der Waals surface area contributed by atoms with Crippen molar-refractivity contribution in [2.75, 3.05) is 31.1 Å². The minimum Gasteiger partial charge on any atom is -0.298 e. The van der Waals surface area contributed by atoms with Crippen LogP contribution in [0.3, 0.4) is 0 Å². The molecule has 0 radical (unpaired) electrons. The Labute approximate surface area is 93.7 Å². The predicted octanol–water partition coefficient (Wildman–Crippen LogP) is 0.810. The number of ketones is 1. The molecule has 2 aliphatic rings. The van der Waals surface area contributed by atoms with Crippen molar-refractivity contribution >= 4 is 16.6 Å². The maximum absolute atomic E-state index is 11.9. The molecule has 0 atom stereocenters. The molecular formula is C11H19NO2S. The van der Waals surface area contributed by atoms with Gasteiger partial charge in [0.05, 0.1) is 6.54 Å². The maximum atomic E-state index is 11.9. The van der Waals surface area contributed by atoms with Crippen LogP contribution < -0.4 is 0 Å². The Hall–Kier alpha value is -0.220. The van der Waals surface area contributed by atoms with Crippen LogP contribution in [-0.2, 0) is 15.6 Å². The van der Waals surface area contributed by atoms with Gasteiger partial charge in [0.15, 0.2) is 0 Å². The van der Waals surface area contributed by atoms with Gasteiger partial charge in [0, 0.05) is 41.3 Å². The van der Waals surface area contributed by atoms with E-state index in [0.29, 0.717) is 18.2 Å². The molecule has 1 heterocycles. The monoisotopic (exact) mass is 229 g/mol. The highest BCUT2D eigenvalue weighted by Gasteiger charge is 2.25. The highest BCUT2D eigenvalue weighted by molar-refractivity contribution is 7.85. The van der Waals surface area contributed by atoms with Gasteiger partial charge in [-0.3, -0.25) is 13.9 Å². The number of nitrogens with zero attached hydrogens (tertiary/aromatic N) is 1. The first-order valence-corrected chi connectivity index (χ1v) is 7.34. The van der Waals surface area contributed by atoms with Crippen molar-refractivity contribution in [1.29, 1.82) is 0 Å². The Morgan fingerprint density at radius 1 is 1.20 bits per heavy atom. The number of hydrogen-bond acceptors (Lipinski definition) is 3. The molecule has 1 saturated carbocycles. The molecule has 0 bridgehead atoms. The maximum Gasteiger partial charge on any atom is 0.149 e. The summed E-state index contributed by atoms with van der Waals surface area (Å²) in [6, 6.07) is 0. The van der Waals surface area contributed by atoms with Crippen LogP contribution in [0.4, 0.5) is 0 Å². The summed E-state index contributed by atoms with van der Waals surface area (Å²) < 4.78 is 11.2. The molecule has 4 heteroatoms. The summed E-state index contributed by atoms with van der Waals surface area (Å²) in [4.78, 5) is 14.0. The zero-order valence-electron chi connectivity index (χ0n) is 9.11. The van der Waals surface area contributed by atoms with Crippen LogP contribution in [0.1, 0.15) is 25.7 Å². The number of rotatable bonds is 3. The zero-order valence-corrected chi connectivity index (χ0v) is 9.93. The lowest BCUT2D eigenvalue weighted by Crippen LogP contribution is -2.41. The third-order valence-electron chi connectivity index (χ3n) is 3.46. The standard InChI is InChI=1S/C11H19NO2S/c13-11(10-3-1-2-4-10)9-12-5-7-15(14)8-6-12/h10H,1-9H2. The van der Waals surface area contributed by atoms with Crippen molar-refractivity contribution in [2.24, 2.45) is 5.92 Å². The predicted molar refractivity (Wildman–Crippen MR) is 61.3 cm³/mol. The van der Waals surface area contributed by atoms with Gasteiger partial charge in [0.25, 0.3) is 0 Å². The number of hydrogen-bond donors (Lipinski definition) is 0.